The van der Waals surface area contributed by atoms with Crippen LogP contribution in [-0.2, 0) is 12.1 Å². The van der Waals surface area contributed by atoms with Crippen LogP contribution in [0, 0.1) is 0 Å². The van der Waals surface area contributed by atoms with E-state index in [-0.39, 0.29) is 5.54 Å². The van der Waals surface area contributed by atoms with Gasteiger partial charge >= 0.3 is 0 Å². The molecular formula is C26H26N6O. The second kappa shape index (κ2) is 7.42. The van der Waals surface area contributed by atoms with E-state index in [2.05, 4.69) is 52.7 Å². The summed E-state index contributed by atoms with van der Waals surface area (Å²) in [5.41, 5.74) is 12.4. The molecule has 7 heteroatoms. The third-order valence-electron chi connectivity index (χ3n) is 6.72. The topological polar surface area (TPSA) is 82.1 Å². The van der Waals surface area contributed by atoms with Gasteiger partial charge in [-0.2, -0.15) is 0 Å². The smallest absolute Gasteiger partial charge is 0.239 e. The largest absolute Gasteiger partial charge is 0.468 e. The van der Waals surface area contributed by atoms with Gasteiger partial charge in [0.25, 0.3) is 0 Å². The molecule has 1 aliphatic carbocycles. The molecular weight excluding hydrogens is 412 g/mol. The minimum absolute atomic E-state index is 0.180. The number of benzene rings is 2. The van der Waals surface area contributed by atoms with Crippen LogP contribution in [0.25, 0.3) is 28.1 Å². The molecule has 1 saturated carbocycles. The van der Waals surface area contributed by atoms with Crippen LogP contribution < -0.4 is 15.4 Å². The number of ether oxygens (including phenoxy) is 1. The molecule has 6 rings (SSSR count). The van der Waals surface area contributed by atoms with Crippen LogP contribution in [0.1, 0.15) is 30.7 Å². The summed E-state index contributed by atoms with van der Waals surface area (Å²) in [5.74, 6) is 2.09. The molecule has 0 unspecified atom stereocenters. The predicted octanol–water partition coefficient (Wildman–Crippen LogP) is 4.29. The minimum atomic E-state index is -0.180. The molecule has 1 aliphatic heterocycles. The zero-order valence-corrected chi connectivity index (χ0v) is 18.8. The van der Waals surface area contributed by atoms with E-state index in [0.717, 1.165) is 52.7 Å². The minimum Gasteiger partial charge on any atom is -0.468 e. The molecule has 2 aliphatic rings. The first-order valence-corrected chi connectivity index (χ1v) is 11.3. The summed E-state index contributed by atoms with van der Waals surface area (Å²) in [6.07, 6.45) is 3.28. The lowest BCUT2D eigenvalue weighted by Crippen LogP contribution is -2.43. The molecule has 4 aromatic rings. The van der Waals surface area contributed by atoms with Crippen molar-refractivity contribution in [1.29, 1.82) is 0 Å². The summed E-state index contributed by atoms with van der Waals surface area (Å²) in [6, 6.07) is 21.0. The molecule has 3 heterocycles. The number of anilines is 1. The SMILES string of the molecule is CN(C)c1nnc2n1-c1cc(-c3ccccc3)c(-c3ccc(C4(N)CCC4)cc3)nc1OC2. The first kappa shape index (κ1) is 19.9. The number of rotatable bonds is 4. The fourth-order valence-electron chi connectivity index (χ4n) is 4.69. The van der Waals surface area contributed by atoms with Crippen molar-refractivity contribution in [3.63, 3.8) is 0 Å². The van der Waals surface area contributed by atoms with Crippen LogP contribution in [0.15, 0.2) is 60.7 Å². The van der Waals surface area contributed by atoms with Crippen molar-refractivity contribution in [2.75, 3.05) is 19.0 Å². The number of nitrogens with two attached hydrogens (primary N) is 1. The van der Waals surface area contributed by atoms with Gasteiger partial charge in [0.2, 0.25) is 11.8 Å². The van der Waals surface area contributed by atoms with Crippen LogP contribution in [0.3, 0.4) is 0 Å². The van der Waals surface area contributed by atoms with E-state index >= 15 is 0 Å². The molecule has 1 fully saturated rings. The van der Waals surface area contributed by atoms with Gasteiger partial charge in [0, 0.05) is 30.8 Å². The molecule has 0 bridgehead atoms. The Morgan fingerprint density at radius 2 is 1.73 bits per heavy atom. The zero-order valence-electron chi connectivity index (χ0n) is 18.8. The molecule has 2 aromatic heterocycles. The van der Waals surface area contributed by atoms with E-state index in [1.165, 1.54) is 12.0 Å². The van der Waals surface area contributed by atoms with Crippen molar-refractivity contribution in [1.82, 2.24) is 19.7 Å². The Morgan fingerprint density at radius 3 is 2.39 bits per heavy atom. The van der Waals surface area contributed by atoms with Crippen LogP contribution in [-0.4, -0.2) is 33.8 Å². The van der Waals surface area contributed by atoms with Crippen molar-refractivity contribution in [2.45, 2.75) is 31.4 Å². The van der Waals surface area contributed by atoms with E-state index in [0.29, 0.717) is 12.5 Å². The normalized spacial score (nSPS) is 15.7. The van der Waals surface area contributed by atoms with Crippen molar-refractivity contribution >= 4 is 5.95 Å². The molecule has 0 amide bonds. The molecule has 166 valence electrons. The second-order valence-electron chi connectivity index (χ2n) is 9.10. The lowest BCUT2D eigenvalue weighted by Gasteiger charge is -2.38. The van der Waals surface area contributed by atoms with E-state index < -0.39 is 0 Å². The lowest BCUT2D eigenvalue weighted by atomic mass is 9.72. The fourth-order valence-corrected chi connectivity index (χ4v) is 4.69. The highest BCUT2D eigenvalue weighted by Gasteiger charge is 2.34. The van der Waals surface area contributed by atoms with E-state index in [4.69, 9.17) is 15.5 Å². The van der Waals surface area contributed by atoms with Crippen molar-refractivity contribution in [3.05, 3.63) is 72.1 Å². The summed E-state index contributed by atoms with van der Waals surface area (Å²) >= 11 is 0. The first-order chi connectivity index (χ1) is 16.0. The third kappa shape index (κ3) is 3.19. The highest BCUT2D eigenvalue weighted by atomic mass is 16.5. The molecule has 0 radical (unpaired) electrons. The highest BCUT2D eigenvalue weighted by molar-refractivity contribution is 5.83. The first-order valence-electron chi connectivity index (χ1n) is 11.3. The molecule has 33 heavy (non-hydrogen) atoms. The molecule has 0 atom stereocenters. The number of hydrogen-bond acceptors (Lipinski definition) is 6. The number of nitrogens with zero attached hydrogens (tertiary/aromatic N) is 5. The van der Waals surface area contributed by atoms with E-state index in [9.17, 15) is 0 Å². The fraction of sp³-hybridized carbons (Fsp3) is 0.269. The Balaban J connectivity index is 1.53. The van der Waals surface area contributed by atoms with E-state index in [1.807, 2.05) is 41.8 Å². The van der Waals surface area contributed by atoms with Gasteiger partial charge < -0.3 is 15.4 Å². The van der Waals surface area contributed by atoms with Gasteiger partial charge in [0.15, 0.2) is 12.4 Å². The van der Waals surface area contributed by atoms with Crippen LogP contribution in [0.2, 0.25) is 0 Å². The Bertz CT molecular complexity index is 1320. The maximum atomic E-state index is 6.54. The van der Waals surface area contributed by atoms with Gasteiger partial charge in [-0.3, -0.25) is 4.57 Å². The molecule has 7 nitrogen and oxygen atoms in total. The average molecular weight is 439 g/mol. The zero-order chi connectivity index (χ0) is 22.6. The van der Waals surface area contributed by atoms with Gasteiger partial charge in [-0.05, 0) is 36.5 Å². The lowest BCUT2D eigenvalue weighted by molar-refractivity contribution is 0.253. The number of fused-ring (bicyclic) bond motifs is 3. The number of hydrogen-bond donors (Lipinski definition) is 1. The Hall–Kier alpha value is -3.71. The summed E-state index contributed by atoms with van der Waals surface area (Å²) < 4.78 is 8.06. The third-order valence-corrected chi connectivity index (χ3v) is 6.72. The maximum absolute atomic E-state index is 6.54. The van der Waals surface area contributed by atoms with Crippen molar-refractivity contribution in [3.8, 4) is 34.0 Å². The summed E-state index contributed by atoms with van der Waals surface area (Å²) in [4.78, 5) is 6.96. The van der Waals surface area contributed by atoms with Gasteiger partial charge in [0.05, 0.1) is 5.69 Å². The van der Waals surface area contributed by atoms with Crippen LogP contribution in [0.4, 0.5) is 5.95 Å². The molecule has 0 saturated heterocycles. The highest BCUT2D eigenvalue weighted by Crippen LogP contribution is 2.42. The van der Waals surface area contributed by atoms with Crippen LogP contribution >= 0.6 is 0 Å². The van der Waals surface area contributed by atoms with Crippen molar-refractivity contribution < 1.29 is 4.74 Å². The average Bonchev–Trinajstić information content (AvgIpc) is 3.27. The molecule has 0 spiro atoms. The maximum Gasteiger partial charge on any atom is 0.239 e. The quantitative estimate of drug-likeness (QED) is 0.512. The number of aromatic nitrogens is 4. The van der Waals surface area contributed by atoms with Gasteiger partial charge in [0.1, 0.15) is 5.69 Å². The summed E-state index contributed by atoms with van der Waals surface area (Å²) in [6.45, 7) is 0.333. The Labute approximate surface area is 192 Å². The predicted molar refractivity (Wildman–Crippen MR) is 128 cm³/mol. The Morgan fingerprint density at radius 1 is 0.970 bits per heavy atom. The van der Waals surface area contributed by atoms with Gasteiger partial charge in [-0.25, -0.2) is 4.98 Å². The number of pyridine rings is 1. The standard InChI is InChI=1S/C26H26N6O/c1-31(2)25-30-29-22-16-33-24-21(32(22)25)15-20(17-7-4-3-5-8-17)23(28-24)18-9-11-19(12-10-18)26(27)13-6-14-26/h3-5,7-12,15H,6,13-14,16,27H2,1-2H3. The van der Waals surface area contributed by atoms with Gasteiger partial charge in [-0.15, -0.1) is 10.2 Å². The molecule has 2 N–H and O–H groups in total. The monoisotopic (exact) mass is 438 g/mol. The van der Waals surface area contributed by atoms with Crippen molar-refractivity contribution in [2.24, 2.45) is 5.73 Å². The van der Waals surface area contributed by atoms with Crippen LogP contribution in [0.5, 0.6) is 5.88 Å². The Kier molecular flexibility index (Phi) is 4.48. The molecule has 2 aromatic carbocycles. The summed E-state index contributed by atoms with van der Waals surface area (Å²) in [5, 5.41) is 8.66. The summed E-state index contributed by atoms with van der Waals surface area (Å²) in [7, 11) is 3.92. The second-order valence-corrected chi connectivity index (χ2v) is 9.10. The van der Waals surface area contributed by atoms with E-state index in [1.54, 1.807) is 0 Å². The van der Waals surface area contributed by atoms with Gasteiger partial charge in [-0.1, -0.05) is 54.6 Å².